The molecular weight excluding hydrogens is 384 g/mol. The predicted molar refractivity (Wildman–Crippen MR) is 77.6 cm³/mol. The fourth-order valence-corrected chi connectivity index (χ4v) is 4.06. The second-order valence-electron chi connectivity index (χ2n) is 4.95. The van der Waals surface area contributed by atoms with Crippen LogP contribution in [0.2, 0.25) is 0 Å². The van der Waals surface area contributed by atoms with Crippen molar-refractivity contribution in [2.24, 2.45) is 0 Å². The van der Waals surface area contributed by atoms with Crippen LogP contribution in [0.5, 0.6) is 11.5 Å². The van der Waals surface area contributed by atoms with Gasteiger partial charge in [0.05, 0.1) is 14.2 Å². The minimum Gasteiger partial charge on any atom is -0.497 e. The van der Waals surface area contributed by atoms with Gasteiger partial charge in [0.15, 0.2) is 0 Å². The number of amides is 1. The summed E-state index contributed by atoms with van der Waals surface area (Å²) in [5, 5.41) is 0. The molecule has 0 fully saturated rings. The Morgan fingerprint density at radius 3 is 2.08 bits per heavy atom. The molecule has 26 heavy (non-hydrogen) atoms. The third-order valence-electron chi connectivity index (χ3n) is 3.59. The number of aromatic nitrogens is 1. The molecule has 0 radical (unpaired) electrons. The molecule has 0 saturated carbocycles. The average Bonchev–Trinajstić information content (AvgIpc) is 2.80. The van der Waals surface area contributed by atoms with Gasteiger partial charge in [0.1, 0.15) is 27.6 Å². The summed E-state index contributed by atoms with van der Waals surface area (Å²) in [5.41, 5.74) is -2.30. The van der Waals surface area contributed by atoms with Gasteiger partial charge in [-0.3, -0.25) is 4.79 Å². The molecule has 7 nitrogen and oxygen atoms in total. The second kappa shape index (κ2) is 5.83. The SMILES string of the molecule is COc1cc(OC)c2c(c1)S(=O)(=O)N(c1c(F)c(F)nc(F)c1F)C2=O. The maximum atomic E-state index is 14.0. The van der Waals surface area contributed by atoms with E-state index in [1.807, 2.05) is 0 Å². The summed E-state index contributed by atoms with van der Waals surface area (Å²) in [4.78, 5) is 14.2. The minimum atomic E-state index is -4.91. The van der Waals surface area contributed by atoms with Crippen LogP contribution in [0.4, 0.5) is 23.2 Å². The lowest BCUT2D eigenvalue weighted by atomic mass is 10.1. The minimum absolute atomic E-state index is 0.0353. The molecule has 138 valence electrons. The summed E-state index contributed by atoms with van der Waals surface area (Å²) in [5.74, 6) is -10.3. The van der Waals surface area contributed by atoms with Crippen molar-refractivity contribution in [2.45, 2.75) is 4.90 Å². The average molecular weight is 392 g/mol. The predicted octanol–water partition coefficient (Wildman–Crippen LogP) is 2.00. The number of nitrogens with zero attached hydrogens (tertiary/aromatic N) is 2. The van der Waals surface area contributed by atoms with Crippen molar-refractivity contribution in [1.82, 2.24) is 4.98 Å². The number of hydrogen-bond acceptors (Lipinski definition) is 6. The highest BCUT2D eigenvalue weighted by Gasteiger charge is 2.48. The zero-order chi connectivity index (χ0) is 19.4. The fourth-order valence-electron chi connectivity index (χ4n) is 2.44. The van der Waals surface area contributed by atoms with Gasteiger partial charge < -0.3 is 9.47 Å². The molecule has 1 aromatic heterocycles. The van der Waals surface area contributed by atoms with E-state index >= 15 is 0 Å². The van der Waals surface area contributed by atoms with Gasteiger partial charge in [-0.25, -0.2) is 8.42 Å². The van der Waals surface area contributed by atoms with Gasteiger partial charge in [-0.1, -0.05) is 0 Å². The van der Waals surface area contributed by atoms with Gasteiger partial charge in [-0.2, -0.15) is 26.9 Å². The Labute approximate surface area is 143 Å². The Hall–Kier alpha value is -2.89. The van der Waals surface area contributed by atoms with Crippen LogP contribution in [0.3, 0.4) is 0 Å². The van der Waals surface area contributed by atoms with E-state index in [9.17, 15) is 30.8 Å². The van der Waals surface area contributed by atoms with Crippen LogP contribution in [0.1, 0.15) is 10.4 Å². The molecule has 2 aromatic rings. The molecule has 0 saturated heterocycles. The van der Waals surface area contributed by atoms with Crippen LogP contribution in [0, 0.1) is 23.5 Å². The first kappa shape index (κ1) is 17.9. The van der Waals surface area contributed by atoms with Crippen molar-refractivity contribution in [3.63, 3.8) is 0 Å². The summed E-state index contributed by atoms with van der Waals surface area (Å²) >= 11 is 0. The number of methoxy groups -OCH3 is 2. The Morgan fingerprint density at radius 1 is 1.00 bits per heavy atom. The zero-order valence-electron chi connectivity index (χ0n) is 13.0. The molecule has 1 aliphatic rings. The van der Waals surface area contributed by atoms with Crippen molar-refractivity contribution < 1.29 is 40.2 Å². The zero-order valence-corrected chi connectivity index (χ0v) is 13.8. The monoisotopic (exact) mass is 392 g/mol. The normalized spacial score (nSPS) is 15.2. The van der Waals surface area contributed by atoms with E-state index in [1.165, 1.54) is 7.11 Å². The topological polar surface area (TPSA) is 85.8 Å². The standard InChI is InChI=1S/C14H8F4N2O5S/c1-24-5-3-6(25-2)8-7(4-5)26(22,23)20(14(8)21)11-9(15)12(17)19-13(18)10(11)16/h3-4H,1-2H3. The molecule has 2 heterocycles. The van der Waals surface area contributed by atoms with Crippen LogP contribution in [0.15, 0.2) is 17.0 Å². The summed E-state index contributed by atoms with van der Waals surface area (Å²) < 4.78 is 89.5. The number of anilines is 1. The van der Waals surface area contributed by atoms with Crippen molar-refractivity contribution >= 4 is 21.6 Å². The number of rotatable bonds is 3. The van der Waals surface area contributed by atoms with Gasteiger partial charge >= 0.3 is 0 Å². The van der Waals surface area contributed by atoms with Crippen molar-refractivity contribution in [1.29, 1.82) is 0 Å². The van der Waals surface area contributed by atoms with Crippen LogP contribution in [0.25, 0.3) is 0 Å². The molecule has 0 atom stereocenters. The number of pyridine rings is 1. The van der Waals surface area contributed by atoms with E-state index in [1.54, 1.807) is 0 Å². The largest absolute Gasteiger partial charge is 0.497 e. The van der Waals surface area contributed by atoms with E-state index in [0.717, 1.165) is 19.2 Å². The third-order valence-corrected chi connectivity index (χ3v) is 5.30. The Kier molecular flexibility index (Phi) is 4.02. The first-order valence-electron chi connectivity index (χ1n) is 6.70. The van der Waals surface area contributed by atoms with Crippen molar-refractivity contribution in [2.75, 3.05) is 18.5 Å². The van der Waals surface area contributed by atoms with Crippen LogP contribution < -0.4 is 13.8 Å². The van der Waals surface area contributed by atoms with Gasteiger partial charge in [0.2, 0.25) is 11.6 Å². The smallest absolute Gasteiger partial charge is 0.277 e. The maximum Gasteiger partial charge on any atom is 0.277 e. The van der Waals surface area contributed by atoms with Gasteiger partial charge in [-0.05, 0) is 0 Å². The number of halogens is 4. The van der Waals surface area contributed by atoms with Crippen molar-refractivity contribution in [3.05, 3.63) is 41.2 Å². The molecule has 1 aromatic carbocycles. The molecule has 0 unspecified atom stereocenters. The summed E-state index contributed by atoms with van der Waals surface area (Å²) in [6, 6.07) is 2.07. The van der Waals surface area contributed by atoms with E-state index in [-0.39, 0.29) is 15.8 Å². The quantitative estimate of drug-likeness (QED) is 0.587. The number of carbonyl (C=O) groups excluding carboxylic acids is 1. The molecule has 3 rings (SSSR count). The van der Waals surface area contributed by atoms with Crippen LogP contribution >= 0.6 is 0 Å². The lowest BCUT2D eigenvalue weighted by Gasteiger charge is -2.16. The number of hydrogen-bond donors (Lipinski definition) is 0. The van der Waals surface area contributed by atoms with Gasteiger partial charge in [0, 0.05) is 12.1 Å². The van der Waals surface area contributed by atoms with E-state index in [4.69, 9.17) is 9.47 Å². The number of sulfonamides is 1. The number of carbonyl (C=O) groups is 1. The van der Waals surface area contributed by atoms with E-state index < -0.39 is 55.6 Å². The van der Waals surface area contributed by atoms with Crippen molar-refractivity contribution in [3.8, 4) is 11.5 Å². The molecule has 0 N–H and O–H groups in total. The maximum absolute atomic E-state index is 14.0. The van der Waals surface area contributed by atoms with Gasteiger partial charge in [0.25, 0.3) is 27.8 Å². The fraction of sp³-hybridized carbons (Fsp3) is 0.143. The first-order chi connectivity index (χ1) is 12.1. The van der Waals surface area contributed by atoms with E-state index in [0.29, 0.717) is 0 Å². The Bertz CT molecular complexity index is 1030. The third kappa shape index (κ3) is 2.29. The van der Waals surface area contributed by atoms with Crippen LogP contribution in [-0.4, -0.2) is 33.5 Å². The molecule has 12 heteroatoms. The van der Waals surface area contributed by atoms with Gasteiger partial charge in [-0.15, -0.1) is 0 Å². The molecule has 1 amide bonds. The Balaban J connectivity index is 2.36. The first-order valence-corrected chi connectivity index (χ1v) is 8.14. The summed E-state index contributed by atoms with van der Waals surface area (Å²) in [6.07, 6.45) is 0. The second-order valence-corrected chi connectivity index (χ2v) is 6.70. The highest BCUT2D eigenvalue weighted by atomic mass is 32.2. The molecule has 0 spiro atoms. The molecular formula is C14H8F4N2O5S. The lowest BCUT2D eigenvalue weighted by molar-refractivity contribution is 0.100. The lowest BCUT2D eigenvalue weighted by Crippen LogP contribution is -2.32. The highest BCUT2D eigenvalue weighted by molar-refractivity contribution is 7.94. The highest BCUT2D eigenvalue weighted by Crippen LogP contribution is 2.43. The summed E-state index contributed by atoms with van der Waals surface area (Å²) in [6.45, 7) is 0. The number of ether oxygens (including phenoxy) is 2. The number of benzene rings is 1. The van der Waals surface area contributed by atoms with E-state index in [2.05, 4.69) is 4.98 Å². The Morgan fingerprint density at radius 2 is 1.58 bits per heavy atom. The number of fused-ring (bicyclic) bond motifs is 1. The molecule has 0 aliphatic carbocycles. The molecule has 0 bridgehead atoms. The molecule has 1 aliphatic heterocycles. The summed E-state index contributed by atoms with van der Waals surface area (Å²) in [7, 11) is -2.59. The van der Waals surface area contributed by atoms with Crippen LogP contribution in [-0.2, 0) is 10.0 Å².